The molecule has 0 aliphatic carbocycles. The Morgan fingerprint density at radius 3 is 2.83 bits per heavy atom. The van der Waals surface area contributed by atoms with Gasteiger partial charge in [0.2, 0.25) is 0 Å². The molecule has 1 atom stereocenters. The van der Waals surface area contributed by atoms with Gasteiger partial charge >= 0.3 is 0 Å². The number of aryl methyl sites for hydroxylation is 2. The van der Waals surface area contributed by atoms with E-state index >= 15 is 0 Å². The van der Waals surface area contributed by atoms with E-state index in [0.29, 0.717) is 23.0 Å². The molecule has 1 saturated heterocycles. The summed E-state index contributed by atoms with van der Waals surface area (Å²) in [4.78, 5) is 19.2. The van der Waals surface area contributed by atoms with Gasteiger partial charge in [0.25, 0.3) is 5.91 Å². The molecule has 0 saturated carbocycles. The van der Waals surface area contributed by atoms with Gasteiger partial charge in [0, 0.05) is 24.4 Å². The van der Waals surface area contributed by atoms with E-state index in [2.05, 4.69) is 4.98 Å². The van der Waals surface area contributed by atoms with Gasteiger partial charge in [-0.15, -0.1) is 23.1 Å². The topological polar surface area (TPSA) is 59.2 Å². The van der Waals surface area contributed by atoms with Crippen LogP contribution in [0.3, 0.4) is 0 Å². The smallest absolute Gasteiger partial charge is 0.274 e. The molecule has 2 heterocycles. The summed E-state index contributed by atoms with van der Waals surface area (Å²) in [6.45, 7) is 4.17. The zero-order chi connectivity index (χ0) is 17.4. The number of carbonyl (C=O) groups is 1. The van der Waals surface area contributed by atoms with Gasteiger partial charge in [0.1, 0.15) is 5.69 Å². The van der Waals surface area contributed by atoms with E-state index in [0.717, 1.165) is 5.75 Å². The fraction of sp³-hybridized carbons (Fsp3) is 0.375. The van der Waals surface area contributed by atoms with E-state index in [1.54, 1.807) is 23.6 Å². The second-order valence-electron chi connectivity index (χ2n) is 5.53. The summed E-state index contributed by atoms with van der Waals surface area (Å²) in [6.07, 6.45) is 0. The van der Waals surface area contributed by atoms with Crippen LogP contribution < -0.4 is 5.73 Å². The molecule has 0 bridgehead atoms. The summed E-state index contributed by atoms with van der Waals surface area (Å²) in [5, 5.41) is 0.525. The molecule has 1 aliphatic heterocycles. The van der Waals surface area contributed by atoms with E-state index in [1.165, 1.54) is 30.4 Å². The number of nitrogens with two attached hydrogens (primary N) is 1. The molecule has 4 nitrogen and oxygen atoms in total. The number of thiazole rings is 1. The van der Waals surface area contributed by atoms with Crippen molar-refractivity contribution in [3.63, 3.8) is 0 Å². The molecule has 1 aromatic carbocycles. The molecule has 1 aromatic heterocycles. The lowest BCUT2D eigenvalue weighted by molar-refractivity contribution is 0.0759. The number of hydrogen-bond donors (Lipinski definition) is 1. The van der Waals surface area contributed by atoms with Crippen LogP contribution in [0.5, 0.6) is 0 Å². The highest BCUT2D eigenvalue weighted by Gasteiger charge is 2.33. The van der Waals surface area contributed by atoms with Crippen LogP contribution in [0.25, 0.3) is 10.4 Å². The third kappa shape index (κ3) is 2.94. The summed E-state index contributed by atoms with van der Waals surface area (Å²) < 4.78 is 28.3. The molecular weight excluding hydrogens is 352 g/mol. The largest absolute Gasteiger partial charge is 0.328 e. The molecule has 2 aromatic rings. The van der Waals surface area contributed by atoms with Crippen molar-refractivity contribution in [2.24, 2.45) is 5.73 Å². The highest BCUT2D eigenvalue weighted by atomic mass is 32.2. The SMILES string of the molecule is Cc1nc(C(=O)N2CCSC2CN)c(-c2ccc(C)c(F)c2F)s1. The van der Waals surface area contributed by atoms with Gasteiger partial charge in [-0.25, -0.2) is 13.8 Å². The maximum atomic E-state index is 14.4. The van der Waals surface area contributed by atoms with Crippen molar-refractivity contribution in [1.29, 1.82) is 0 Å². The summed E-state index contributed by atoms with van der Waals surface area (Å²) in [5.41, 5.74) is 6.18. The van der Waals surface area contributed by atoms with Crippen LogP contribution in [0.2, 0.25) is 0 Å². The van der Waals surface area contributed by atoms with Gasteiger partial charge in [0.15, 0.2) is 11.6 Å². The van der Waals surface area contributed by atoms with E-state index in [4.69, 9.17) is 5.73 Å². The third-order valence-corrected chi connectivity index (χ3v) is 6.16. The number of aromatic nitrogens is 1. The zero-order valence-electron chi connectivity index (χ0n) is 13.3. The summed E-state index contributed by atoms with van der Waals surface area (Å²) in [7, 11) is 0. The second-order valence-corrected chi connectivity index (χ2v) is 8.02. The summed E-state index contributed by atoms with van der Waals surface area (Å²) in [6, 6.07) is 3.00. The molecule has 1 unspecified atom stereocenters. The highest BCUT2D eigenvalue weighted by Crippen LogP contribution is 2.35. The van der Waals surface area contributed by atoms with Gasteiger partial charge in [-0.05, 0) is 19.4 Å². The molecule has 1 amide bonds. The van der Waals surface area contributed by atoms with Crippen molar-refractivity contribution in [3.05, 3.63) is 40.0 Å². The first-order valence-electron chi connectivity index (χ1n) is 7.49. The minimum atomic E-state index is -0.945. The monoisotopic (exact) mass is 369 g/mol. The zero-order valence-corrected chi connectivity index (χ0v) is 14.9. The number of halogens is 2. The van der Waals surface area contributed by atoms with Gasteiger partial charge in [-0.3, -0.25) is 4.79 Å². The number of amides is 1. The lowest BCUT2D eigenvalue weighted by atomic mass is 10.1. The van der Waals surface area contributed by atoms with Crippen LogP contribution >= 0.6 is 23.1 Å². The van der Waals surface area contributed by atoms with Crippen LogP contribution in [0.4, 0.5) is 8.78 Å². The van der Waals surface area contributed by atoms with E-state index in [1.807, 2.05) is 0 Å². The maximum Gasteiger partial charge on any atom is 0.274 e. The first-order chi connectivity index (χ1) is 11.4. The van der Waals surface area contributed by atoms with Gasteiger partial charge in [-0.1, -0.05) is 12.1 Å². The lowest BCUT2D eigenvalue weighted by Gasteiger charge is -2.22. The molecule has 0 radical (unpaired) electrons. The molecule has 3 rings (SSSR count). The molecule has 128 valence electrons. The van der Waals surface area contributed by atoms with Crippen LogP contribution in [-0.4, -0.2) is 40.0 Å². The first-order valence-corrected chi connectivity index (χ1v) is 9.35. The number of rotatable bonds is 3. The van der Waals surface area contributed by atoms with E-state index in [9.17, 15) is 13.6 Å². The van der Waals surface area contributed by atoms with Gasteiger partial charge in [-0.2, -0.15) is 0 Å². The van der Waals surface area contributed by atoms with Crippen molar-refractivity contribution in [3.8, 4) is 10.4 Å². The van der Waals surface area contributed by atoms with Gasteiger partial charge < -0.3 is 10.6 Å². The van der Waals surface area contributed by atoms with Crippen molar-refractivity contribution < 1.29 is 13.6 Å². The Labute approximate surface area is 147 Å². The normalized spacial score (nSPS) is 17.5. The minimum absolute atomic E-state index is 0.0724. The second kappa shape index (κ2) is 6.78. The highest BCUT2D eigenvalue weighted by molar-refractivity contribution is 8.00. The number of nitrogens with zero attached hydrogens (tertiary/aromatic N) is 2. The van der Waals surface area contributed by atoms with Crippen LogP contribution in [0, 0.1) is 25.5 Å². The molecule has 2 N–H and O–H groups in total. The number of benzene rings is 1. The van der Waals surface area contributed by atoms with Crippen LogP contribution in [-0.2, 0) is 0 Å². The van der Waals surface area contributed by atoms with Crippen LogP contribution in [0.1, 0.15) is 21.1 Å². The minimum Gasteiger partial charge on any atom is -0.328 e. The Hall–Kier alpha value is -1.51. The number of hydrogen-bond acceptors (Lipinski definition) is 5. The predicted molar refractivity (Wildman–Crippen MR) is 93.3 cm³/mol. The first kappa shape index (κ1) is 17.3. The average molecular weight is 369 g/mol. The van der Waals surface area contributed by atoms with Crippen LogP contribution in [0.15, 0.2) is 12.1 Å². The Morgan fingerprint density at radius 2 is 2.12 bits per heavy atom. The summed E-state index contributed by atoms with van der Waals surface area (Å²) in [5.74, 6) is -1.32. The molecule has 1 fully saturated rings. The third-order valence-electron chi connectivity index (χ3n) is 3.91. The Morgan fingerprint density at radius 1 is 1.38 bits per heavy atom. The van der Waals surface area contributed by atoms with Crippen molar-refractivity contribution in [1.82, 2.24) is 9.88 Å². The Balaban J connectivity index is 2.06. The molecular formula is C16H17F2N3OS2. The Kier molecular flexibility index (Phi) is 4.89. The molecule has 1 aliphatic rings. The van der Waals surface area contributed by atoms with Crippen molar-refractivity contribution >= 4 is 29.0 Å². The summed E-state index contributed by atoms with van der Waals surface area (Å²) >= 11 is 2.80. The quantitative estimate of drug-likeness (QED) is 0.903. The van der Waals surface area contributed by atoms with E-state index in [-0.39, 0.29) is 28.1 Å². The maximum absolute atomic E-state index is 14.4. The lowest BCUT2D eigenvalue weighted by Crippen LogP contribution is -2.39. The fourth-order valence-corrected chi connectivity index (χ4v) is 4.68. The molecule has 24 heavy (non-hydrogen) atoms. The van der Waals surface area contributed by atoms with Crippen molar-refractivity contribution in [2.45, 2.75) is 19.2 Å². The molecule has 8 heteroatoms. The number of carbonyl (C=O) groups excluding carboxylic acids is 1. The van der Waals surface area contributed by atoms with Gasteiger partial charge in [0.05, 0.1) is 15.3 Å². The number of thioether (sulfide) groups is 1. The predicted octanol–water partition coefficient (Wildman–Crippen LogP) is 3.18. The average Bonchev–Trinajstić information content (AvgIpc) is 3.18. The standard InChI is InChI=1S/C16H17F2N3OS2/c1-8-3-4-10(13(18)12(8)17)15-14(20-9(2)24-15)16(22)21-5-6-23-11(21)7-19/h3-4,11H,5-7,19H2,1-2H3. The fourth-order valence-electron chi connectivity index (χ4n) is 2.66. The van der Waals surface area contributed by atoms with E-state index < -0.39 is 11.6 Å². The molecule has 0 spiro atoms. The van der Waals surface area contributed by atoms with Crippen molar-refractivity contribution in [2.75, 3.05) is 18.8 Å². The Bertz CT molecular complexity index is 794.